The number of hydrogen-bond acceptors (Lipinski definition) is 5. The van der Waals surface area contributed by atoms with Gasteiger partial charge in [0.1, 0.15) is 5.69 Å². The van der Waals surface area contributed by atoms with E-state index in [0.29, 0.717) is 18.7 Å². The van der Waals surface area contributed by atoms with Gasteiger partial charge in [-0.25, -0.2) is 0 Å². The van der Waals surface area contributed by atoms with Crippen molar-refractivity contribution in [3.8, 4) is 0 Å². The van der Waals surface area contributed by atoms with E-state index in [9.17, 15) is 24.0 Å². The molecule has 1 aliphatic heterocycles. The van der Waals surface area contributed by atoms with Crippen LogP contribution in [0.25, 0.3) is 10.9 Å². The number of carbonyl (C=O) groups is 5. The smallest absolute Gasteiger partial charge is 0.289 e. The summed E-state index contributed by atoms with van der Waals surface area (Å²) in [5.74, 6) is -3.26. The first-order valence-electron chi connectivity index (χ1n) is 12.2. The van der Waals surface area contributed by atoms with Crippen LogP contribution >= 0.6 is 0 Å². The summed E-state index contributed by atoms with van der Waals surface area (Å²) < 4.78 is 0. The molecule has 4 rings (SSSR count). The molecule has 0 spiro atoms. The van der Waals surface area contributed by atoms with E-state index in [1.807, 2.05) is 24.3 Å². The molecule has 2 atom stereocenters. The van der Waals surface area contributed by atoms with Crippen LogP contribution in [0.5, 0.6) is 0 Å². The van der Waals surface area contributed by atoms with Crippen LogP contribution in [0, 0.1) is 5.92 Å². The molecule has 0 unspecified atom stereocenters. The first-order chi connectivity index (χ1) is 16.9. The Kier molecular flexibility index (Phi) is 7.79. The van der Waals surface area contributed by atoms with Gasteiger partial charge in [0.2, 0.25) is 17.6 Å². The molecule has 1 saturated carbocycles. The van der Waals surface area contributed by atoms with Crippen LogP contribution in [0.1, 0.15) is 55.4 Å². The molecular formula is C25H31N5O5. The summed E-state index contributed by atoms with van der Waals surface area (Å²) in [7, 11) is 0. The molecular weight excluding hydrogens is 450 g/mol. The van der Waals surface area contributed by atoms with E-state index in [0.717, 1.165) is 43.0 Å². The Hall–Kier alpha value is -3.69. The first kappa shape index (κ1) is 24.4. The van der Waals surface area contributed by atoms with Gasteiger partial charge < -0.3 is 26.3 Å². The second-order valence-corrected chi connectivity index (χ2v) is 9.26. The van der Waals surface area contributed by atoms with Crippen LogP contribution in [0.2, 0.25) is 0 Å². The number of nitrogens with one attached hydrogen (secondary N) is 5. The number of para-hydroxylation sites is 1. The van der Waals surface area contributed by atoms with Gasteiger partial charge in [-0.1, -0.05) is 37.5 Å². The van der Waals surface area contributed by atoms with E-state index >= 15 is 0 Å². The summed E-state index contributed by atoms with van der Waals surface area (Å²) in [6.07, 6.45) is 5.31. The average Bonchev–Trinajstić information content (AvgIpc) is 3.48. The Morgan fingerprint density at radius 1 is 1.03 bits per heavy atom. The Bertz CT molecular complexity index is 1090. The maximum absolute atomic E-state index is 13.0. The number of amides is 4. The second-order valence-electron chi connectivity index (χ2n) is 9.26. The van der Waals surface area contributed by atoms with E-state index in [4.69, 9.17) is 0 Å². The van der Waals surface area contributed by atoms with Crippen molar-refractivity contribution in [1.82, 2.24) is 26.3 Å². The van der Waals surface area contributed by atoms with E-state index in [1.54, 1.807) is 6.07 Å². The fraction of sp³-hybridized carbons (Fsp3) is 0.480. The molecule has 5 N–H and O–H groups in total. The number of hydrogen-bond donors (Lipinski definition) is 5. The second kappa shape index (κ2) is 11.2. The number of rotatable bonds is 9. The van der Waals surface area contributed by atoms with Gasteiger partial charge in [0, 0.05) is 29.4 Å². The minimum absolute atomic E-state index is 0.0322. The Morgan fingerprint density at radius 3 is 2.51 bits per heavy atom. The zero-order valence-electron chi connectivity index (χ0n) is 19.5. The highest BCUT2D eigenvalue weighted by Gasteiger charge is 2.34. The van der Waals surface area contributed by atoms with Crippen molar-refractivity contribution < 1.29 is 24.0 Å². The summed E-state index contributed by atoms with van der Waals surface area (Å²) in [5.41, 5.74) is 1.10. The quantitative estimate of drug-likeness (QED) is 0.338. The Labute approximate surface area is 203 Å². The summed E-state index contributed by atoms with van der Waals surface area (Å²) in [6, 6.07) is 7.89. The summed E-state index contributed by atoms with van der Waals surface area (Å²) in [4.78, 5) is 65.7. The van der Waals surface area contributed by atoms with Crippen LogP contribution in [0.4, 0.5) is 0 Å². The topological polar surface area (TPSA) is 149 Å². The first-order valence-corrected chi connectivity index (χ1v) is 12.2. The lowest BCUT2D eigenvalue weighted by Crippen LogP contribution is -2.52. The third kappa shape index (κ3) is 6.26. The van der Waals surface area contributed by atoms with Crippen molar-refractivity contribution in [3.63, 3.8) is 0 Å². The molecule has 4 amide bonds. The molecule has 10 nitrogen and oxygen atoms in total. The predicted molar refractivity (Wildman–Crippen MR) is 128 cm³/mol. The van der Waals surface area contributed by atoms with Crippen LogP contribution in [0.3, 0.4) is 0 Å². The van der Waals surface area contributed by atoms with Crippen LogP contribution in [0.15, 0.2) is 30.3 Å². The molecule has 2 fully saturated rings. The van der Waals surface area contributed by atoms with Crippen molar-refractivity contribution in [2.24, 2.45) is 5.92 Å². The summed E-state index contributed by atoms with van der Waals surface area (Å²) in [5, 5.41) is 11.4. The number of H-pyrrole nitrogens is 1. The largest absolute Gasteiger partial charge is 0.356 e. The van der Waals surface area contributed by atoms with Gasteiger partial charge in [-0.3, -0.25) is 24.0 Å². The van der Waals surface area contributed by atoms with Gasteiger partial charge in [-0.05, 0) is 37.8 Å². The van der Waals surface area contributed by atoms with Crippen molar-refractivity contribution in [3.05, 3.63) is 36.0 Å². The van der Waals surface area contributed by atoms with E-state index < -0.39 is 35.5 Å². The number of carbonyl (C=O) groups excluding carboxylic acids is 5. The lowest BCUT2D eigenvalue weighted by molar-refractivity contribution is -0.141. The predicted octanol–water partition coefficient (Wildman–Crippen LogP) is 0.927. The van der Waals surface area contributed by atoms with Crippen LogP contribution < -0.4 is 21.3 Å². The summed E-state index contributed by atoms with van der Waals surface area (Å²) in [6.45, 7) is 0.117. The highest BCUT2D eigenvalue weighted by Crippen LogP contribution is 2.19. The number of aromatic amines is 1. The number of fused-ring (bicyclic) bond motifs is 1. The maximum atomic E-state index is 13.0. The van der Waals surface area contributed by atoms with Crippen molar-refractivity contribution >= 4 is 40.3 Å². The molecule has 1 aromatic carbocycles. The number of Topliss-reactive ketones (excluding diaryl/α,β-unsaturated/α-hetero) is 1. The minimum Gasteiger partial charge on any atom is -0.356 e. The van der Waals surface area contributed by atoms with Gasteiger partial charge in [-0.2, -0.15) is 0 Å². The molecule has 2 aliphatic rings. The van der Waals surface area contributed by atoms with Gasteiger partial charge >= 0.3 is 0 Å². The van der Waals surface area contributed by atoms with Crippen LogP contribution in [-0.2, 0) is 19.2 Å². The highest BCUT2D eigenvalue weighted by molar-refractivity contribution is 6.38. The standard InChI is InChI=1S/C25H31N5O5/c31-21(14-27-24(34)20-12-15-6-4-5-9-18(15)29-20)30-19(13-16-10-11-26-23(16)33)22(32)25(35)28-17-7-2-1-3-8-17/h4-6,9,12,16-17,19,29H,1-3,7-8,10-11,13-14H2,(H,26,33)(H,27,34)(H,28,35)(H,30,31)/t16-,19-/m0/s1. The maximum Gasteiger partial charge on any atom is 0.289 e. The third-order valence-electron chi connectivity index (χ3n) is 6.68. The molecule has 1 aliphatic carbocycles. The van der Waals surface area contributed by atoms with Crippen molar-refractivity contribution in [2.45, 2.75) is 57.0 Å². The normalized spacial score (nSPS) is 19.1. The molecule has 186 valence electrons. The zero-order chi connectivity index (χ0) is 24.8. The zero-order valence-corrected chi connectivity index (χ0v) is 19.5. The lowest BCUT2D eigenvalue weighted by atomic mass is 9.93. The lowest BCUT2D eigenvalue weighted by Gasteiger charge is -2.24. The van der Waals surface area contributed by atoms with Crippen LogP contribution in [-0.4, -0.2) is 59.6 Å². The van der Waals surface area contributed by atoms with E-state index in [1.165, 1.54) is 0 Å². The molecule has 2 heterocycles. The molecule has 35 heavy (non-hydrogen) atoms. The van der Waals surface area contributed by atoms with Gasteiger partial charge in [0.15, 0.2) is 0 Å². The average molecular weight is 482 g/mol. The molecule has 2 aromatic rings. The van der Waals surface area contributed by atoms with E-state index in [-0.39, 0.29) is 24.9 Å². The third-order valence-corrected chi connectivity index (χ3v) is 6.68. The van der Waals surface area contributed by atoms with Gasteiger partial charge in [0.05, 0.1) is 12.6 Å². The van der Waals surface area contributed by atoms with E-state index in [2.05, 4.69) is 26.3 Å². The highest BCUT2D eigenvalue weighted by atomic mass is 16.2. The fourth-order valence-electron chi connectivity index (χ4n) is 4.74. The van der Waals surface area contributed by atoms with Crippen molar-refractivity contribution in [2.75, 3.05) is 13.1 Å². The van der Waals surface area contributed by atoms with Crippen molar-refractivity contribution in [1.29, 1.82) is 0 Å². The molecule has 1 aromatic heterocycles. The number of aromatic nitrogens is 1. The Morgan fingerprint density at radius 2 is 1.80 bits per heavy atom. The number of ketones is 1. The Balaban J connectivity index is 1.36. The molecule has 1 saturated heterocycles. The monoisotopic (exact) mass is 481 g/mol. The summed E-state index contributed by atoms with van der Waals surface area (Å²) >= 11 is 0. The van der Waals surface area contributed by atoms with Gasteiger partial charge in [-0.15, -0.1) is 0 Å². The van der Waals surface area contributed by atoms with Gasteiger partial charge in [0.25, 0.3) is 11.8 Å². The SMILES string of the molecule is O=C(CNC(=O)c1cc2ccccc2[nH]1)N[C@@H](C[C@@H]1CCNC1=O)C(=O)C(=O)NC1CCCCC1. The fourth-order valence-corrected chi connectivity index (χ4v) is 4.74. The molecule has 0 radical (unpaired) electrons. The molecule has 10 heteroatoms. The molecule has 0 bridgehead atoms. The minimum atomic E-state index is -1.15. The number of benzene rings is 1.